The van der Waals surface area contributed by atoms with Crippen molar-refractivity contribution in [1.82, 2.24) is 5.32 Å². The van der Waals surface area contributed by atoms with E-state index in [-0.39, 0.29) is 5.91 Å². The summed E-state index contributed by atoms with van der Waals surface area (Å²) in [6, 6.07) is 7.14. The van der Waals surface area contributed by atoms with Gasteiger partial charge in [-0.15, -0.1) is 12.6 Å². The van der Waals surface area contributed by atoms with Gasteiger partial charge in [0, 0.05) is 30.2 Å². The van der Waals surface area contributed by atoms with Gasteiger partial charge in [-0.1, -0.05) is 0 Å². The molecule has 0 aliphatic carbocycles. The van der Waals surface area contributed by atoms with Crippen LogP contribution in [0.5, 0.6) is 0 Å². The smallest absolute Gasteiger partial charge is 0.251 e. The molecular weight excluding hydrogens is 222 g/mol. The number of amides is 1. The normalized spacial score (nSPS) is 10.1. The van der Waals surface area contributed by atoms with Crippen molar-refractivity contribution in [3.8, 4) is 0 Å². The van der Waals surface area contributed by atoms with Crippen molar-refractivity contribution >= 4 is 18.5 Å². The van der Waals surface area contributed by atoms with E-state index in [4.69, 9.17) is 4.74 Å². The number of hydrogen-bond acceptors (Lipinski definition) is 3. The van der Waals surface area contributed by atoms with Crippen molar-refractivity contribution in [1.29, 1.82) is 0 Å². The van der Waals surface area contributed by atoms with Crippen molar-refractivity contribution in [3.05, 3.63) is 29.8 Å². The van der Waals surface area contributed by atoms with E-state index in [9.17, 15) is 4.79 Å². The fourth-order valence-electron chi connectivity index (χ4n) is 1.24. The second-order valence-electron chi connectivity index (χ2n) is 3.35. The van der Waals surface area contributed by atoms with Crippen LogP contribution in [0.4, 0.5) is 0 Å². The van der Waals surface area contributed by atoms with E-state index in [1.54, 1.807) is 24.3 Å². The van der Waals surface area contributed by atoms with Gasteiger partial charge in [-0.2, -0.15) is 0 Å². The minimum absolute atomic E-state index is 0.0511. The number of ether oxygens (including phenoxy) is 1. The summed E-state index contributed by atoms with van der Waals surface area (Å²) < 4.78 is 5.18. The summed E-state index contributed by atoms with van der Waals surface area (Å²) in [5.74, 6) is -0.0511. The van der Waals surface area contributed by atoms with Gasteiger partial charge in [-0.3, -0.25) is 4.79 Å². The Bertz CT molecular complexity index is 324. The summed E-state index contributed by atoms with van der Waals surface area (Å²) in [4.78, 5) is 12.5. The molecule has 0 bridgehead atoms. The molecule has 1 aromatic rings. The van der Waals surface area contributed by atoms with Crippen LogP contribution in [0, 0.1) is 0 Å². The fourth-order valence-corrected chi connectivity index (χ4v) is 1.38. The molecule has 0 atom stereocenters. The maximum atomic E-state index is 11.6. The summed E-state index contributed by atoms with van der Waals surface area (Å²) in [6.07, 6.45) is 0.838. The molecule has 0 aromatic heterocycles. The second kappa shape index (κ2) is 7.30. The lowest BCUT2D eigenvalue weighted by molar-refractivity contribution is 0.0944. The molecule has 88 valence electrons. The predicted molar refractivity (Wildman–Crippen MR) is 67.1 cm³/mol. The van der Waals surface area contributed by atoms with Crippen LogP contribution in [-0.2, 0) is 4.74 Å². The molecule has 0 heterocycles. The predicted octanol–water partition coefficient (Wildman–Crippen LogP) is 2.13. The second-order valence-corrected chi connectivity index (χ2v) is 3.87. The Hall–Kier alpha value is -1.00. The molecule has 3 nitrogen and oxygen atoms in total. The molecule has 4 heteroatoms. The molecule has 0 aliphatic rings. The Morgan fingerprint density at radius 1 is 1.38 bits per heavy atom. The molecule has 1 amide bonds. The third-order valence-electron chi connectivity index (χ3n) is 2.08. The van der Waals surface area contributed by atoms with Crippen molar-refractivity contribution in [2.45, 2.75) is 18.2 Å². The van der Waals surface area contributed by atoms with E-state index in [0.29, 0.717) is 18.7 Å². The minimum Gasteiger partial charge on any atom is -0.382 e. The highest BCUT2D eigenvalue weighted by molar-refractivity contribution is 7.80. The van der Waals surface area contributed by atoms with Crippen LogP contribution in [0.1, 0.15) is 23.7 Å². The van der Waals surface area contributed by atoms with Gasteiger partial charge in [-0.05, 0) is 37.6 Å². The molecule has 0 radical (unpaired) electrons. The lowest BCUT2D eigenvalue weighted by Crippen LogP contribution is -2.25. The van der Waals surface area contributed by atoms with Crippen molar-refractivity contribution in [2.24, 2.45) is 0 Å². The van der Waals surface area contributed by atoms with Gasteiger partial charge in [0.15, 0.2) is 0 Å². The van der Waals surface area contributed by atoms with Gasteiger partial charge in [0.25, 0.3) is 5.91 Å². The molecule has 0 spiro atoms. The summed E-state index contributed by atoms with van der Waals surface area (Å²) in [5, 5.41) is 2.83. The topological polar surface area (TPSA) is 38.3 Å². The maximum Gasteiger partial charge on any atom is 0.251 e. The van der Waals surface area contributed by atoms with Crippen molar-refractivity contribution < 1.29 is 9.53 Å². The van der Waals surface area contributed by atoms with Crippen molar-refractivity contribution in [2.75, 3.05) is 19.8 Å². The molecule has 0 unspecified atom stereocenters. The average molecular weight is 239 g/mol. The standard InChI is InChI=1S/C12H17NO2S/c1-2-15-9-3-8-13-12(14)10-4-6-11(16)7-5-10/h4-7,16H,2-3,8-9H2,1H3,(H,13,14). The summed E-state index contributed by atoms with van der Waals surface area (Å²) in [6.45, 7) is 4.00. The molecule has 1 rings (SSSR count). The number of carbonyl (C=O) groups is 1. The zero-order chi connectivity index (χ0) is 11.8. The first kappa shape index (κ1) is 13.1. The maximum absolute atomic E-state index is 11.6. The SMILES string of the molecule is CCOCCCNC(=O)c1ccc(S)cc1. The molecule has 0 saturated carbocycles. The van der Waals surface area contributed by atoms with Gasteiger partial charge in [0.2, 0.25) is 0 Å². The van der Waals surface area contributed by atoms with E-state index < -0.39 is 0 Å². The molecule has 0 aliphatic heterocycles. The number of hydrogen-bond donors (Lipinski definition) is 2. The molecule has 0 saturated heterocycles. The van der Waals surface area contributed by atoms with Gasteiger partial charge in [0.05, 0.1) is 0 Å². The van der Waals surface area contributed by atoms with Crippen LogP contribution in [0.3, 0.4) is 0 Å². The number of rotatable bonds is 6. The Labute approximate surface area is 102 Å². The zero-order valence-electron chi connectivity index (χ0n) is 9.40. The van der Waals surface area contributed by atoms with Crippen molar-refractivity contribution in [3.63, 3.8) is 0 Å². The Kier molecular flexibility index (Phi) is 5.96. The third-order valence-corrected chi connectivity index (χ3v) is 2.38. The molecule has 0 fully saturated rings. The summed E-state index contributed by atoms with van der Waals surface area (Å²) in [5.41, 5.74) is 0.661. The quantitative estimate of drug-likeness (QED) is 0.589. The van der Waals surface area contributed by atoms with E-state index in [1.165, 1.54) is 0 Å². The molecular formula is C12H17NO2S. The number of thiol groups is 1. The number of benzene rings is 1. The highest BCUT2D eigenvalue weighted by Crippen LogP contribution is 2.07. The molecule has 16 heavy (non-hydrogen) atoms. The first-order valence-electron chi connectivity index (χ1n) is 5.39. The van der Waals surface area contributed by atoms with E-state index in [0.717, 1.165) is 17.9 Å². The Balaban J connectivity index is 2.27. The lowest BCUT2D eigenvalue weighted by Gasteiger charge is -2.05. The fraction of sp³-hybridized carbons (Fsp3) is 0.417. The average Bonchev–Trinajstić information content (AvgIpc) is 2.29. The Morgan fingerprint density at radius 3 is 2.69 bits per heavy atom. The van der Waals surface area contributed by atoms with Crippen LogP contribution < -0.4 is 5.32 Å². The summed E-state index contributed by atoms with van der Waals surface area (Å²) >= 11 is 4.16. The zero-order valence-corrected chi connectivity index (χ0v) is 10.3. The van der Waals surface area contributed by atoms with E-state index in [2.05, 4.69) is 17.9 Å². The monoisotopic (exact) mass is 239 g/mol. The lowest BCUT2D eigenvalue weighted by atomic mass is 10.2. The van der Waals surface area contributed by atoms with Gasteiger partial charge < -0.3 is 10.1 Å². The van der Waals surface area contributed by atoms with E-state index in [1.807, 2.05) is 6.92 Å². The largest absolute Gasteiger partial charge is 0.382 e. The number of nitrogens with one attached hydrogen (secondary N) is 1. The first-order chi connectivity index (χ1) is 7.74. The third kappa shape index (κ3) is 4.68. The summed E-state index contributed by atoms with van der Waals surface area (Å²) in [7, 11) is 0. The van der Waals surface area contributed by atoms with Gasteiger partial charge in [0.1, 0.15) is 0 Å². The number of carbonyl (C=O) groups excluding carboxylic acids is 1. The first-order valence-corrected chi connectivity index (χ1v) is 5.83. The van der Waals surface area contributed by atoms with Crippen LogP contribution >= 0.6 is 12.6 Å². The van der Waals surface area contributed by atoms with E-state index >= 15 is 0 Å². The molecule has 1 N–H and O–H groups in total. The van der Waals surface area contributed by atoms with Crippen LogP contribution in [0.25, 0.3) is 0 Å². The van der Waals surface area contributed by atoms with Crippen LogP contribution in [-0.4, -0.2) is 25.7 Å². The Morgan fingerprint density at radius 2 is 2.06 bits per heavy atom. The van der Waals surface area contributed by atoms with Crippen LogP contribution in [0.2, 0.25) is 0 Å². The minimum atomic E-state index is -0.0511. The van der Waals surface area contributed by atoms with Gasteiger partial charge in [-0.25, -0.2) is 0 Å². The van der Waals surface area contributed by atoms with Gasteiger partial charge >= 0.3 is 0 Å². The van der Waals surface area contributed by atoms with Crippen LogP contribution in [0.15, 0.2) is 29.2 Å². The molecule has 1 aromatic carbocycles. The highest BCUT2D eigenvalue weighted by atomic mass is 32.1. The highest BCUT2D eigenvalue weighted by Gasteiger charge is 2.03.